The average Bonchev–Trinajstić information content (AvgIpc) is 2.80. The maximum absolute atomic E-state index is 3.97. The van der Waals surface area contributed by atoms with E-state index in [1.807, 2.05) is 7.05 Å². The Morgan fingerprint density at radius 1 is 1.17 bits per heavy atom. The number of hydrogen-bond donors (Lipinski definition) is 0. The fourth-order valence-corrected chi connectivity index (χ4v) is 2.70. The minimum absolute atomic E-state index is 0.873. The van der Waals surface area contributed by atoms with Gasteiger partial charge in [0.1, 0.15) is 0 Å². The zero-order chi connectivity index (χ0) is 13.1. The van der Waals surface area contributed by atoms with Gasteiger partial charge in [0, 0.05) is 25.1 Å². The molecule has 2 aromatic rings. The van der Waals surface area contributed by atoms with Crippen LogP contribution in [0.4, 0.5) is 5.13 Å². The molecule has 0 radical (unpaired) electrons. The van der Waals surface area contributed by atoms with Gasteiger partial charge in [0.25, 0.3) is 0 Å². The molecule has 4 nitrogen and oxygen atoms in total. The van der Waals surface area contributed by atoms with Gasteiger partial charge in [-0.1, -0.05) is 27.3 Å². The van der Waals surface area contributed by atoms with Crippen LogP contribution >= 0.6 is 11.5 Å². The average molecular weight is 262 g/mol. The van der Waals surface area contributed by atoms with E-state index >= 15 is 0 Å². The molecule has 1 aromatic carbocycles. The van der Waals surface area contributed by atoms with E-state index in [4.69, 9.17) is 0 Å². The molecule has 1 heterocycles. The molecule has 0 saturated carbocycles. The summed E-state index contributed by atoms with van der Waals surface area (Å²) in [4.78, 5) is 2.10. The fourth-order valence-electron chi connectivity index (χ4n) is 2.25. The molecular weight excluding hydrogens is 244 g/mol. The second kappa shape index (κ2) is 5.44. The minimum Gasteiger partial charge on any atom is -0.348 e. The zero-order valence-corrected chi connectivity index (χ0v) is 12.1. The molecular formula is C13H18N4S. The minimum atomic E-state index is 0.873. The van der Waals surface area contributed by atoms with Crippen LogP contribution in [0.5, 0.6) is 0 Å². The first-order valence-corrected chi connectivity index (χ1v) is 6.78. The van der Waals surface area contributed by atoms with Crippen LogP contribution in [0.15, 0.2) is 12.1 Å². The maximum Gasteiger partial charge on any atom is 0.227 e. The van der Waals surface area contributed by atoms with Gasteiger partial charge in [-0.3, -0.25) is 0 Å². The van der Waals surface area contributed by atoms with Gasteiger partial charge in [-0.15, -0.1) is 0 Å². The molecule has 0 N–H and O–H groups in total. The van der Waals surface area contributed by atoms with Crippen molar-refractivity contribution in [3.63, 3.8) is 0 Å². The molecule has 0 atom stereocenters. The van der Waals surface area contributed by atoms with Crippen molar-refractivity contribution in [1.29, 1.82) is 0 Å². The molecule has 0 unspecified atom stereocenters. The Bertz CT molecular complexity index is 499. The standard InChI is InChI=1S/C13H18N4S/c1-9-7-10(2)12(11(3)8-9)5-6-17(4)13-14-15-16-18-13/h7-8H,5-6H2,1-4H3. The lowest BCUT2D eigenvalue weighted by Crippen LogP contribution is -2.20. The number of hydrogen-bond acceptors (Lipinski definition) is 5. The van der Waals surface area contributed by atoms with E-state index in [1.165, 1.54) is 33.8 Å². The summed E-state index contributed by atoms with van der Waals surface area (Å²) in [6.45, 7) is 7.44. The maximum atomic E-state index is 3.97. The van der Waals surface area contributed by atoms with Crippen molar-refractivity contribution in [2.24, 2.45) is 0 Å². The lowest BCUT2D eigenvalue weighted by molar-refractivity contribution is 0.841. The molecule has 96 valence electrons. The number of aryl methyl sites for hydroxylation is 3. The molecule has 0 aliphatic carbocycles. The molecule has 18 heavy (non-hydrogen) atoms. The first-order valence-electron chi connectivity index (χ1n) is 6.01. The van der Waals surface area contributed by atoms with Gasteiger partial charge in [0.2, 0.25) is 5.13 Å². The Morgan fingerprint density at radius 2 is 1.83 bits per heavy atom. The first-order chi connectivity index (χ1) is 8.58. The van der Waals surface area contributed by atoms with Gasteiger partial charge in [-0.2, -0.15) is 0 Å². The van der Waals surface area contributed by atoms with Gasteiger partial charge in [0.15, 0.2) is 0 Å². The van der Waals surface area contributed by atoms with Crippen molar-refractivity contribution in [3.8, 4) is 0 Å². The second-order valence-electron chi connectivity index (χ2n) is 4.69. The summed E-state index contributed by atoms with van der Waals surface area (Å²) < 4.78 is 3.78. The summed E-state index contributed by atoms with van der Waals surface area (Å²) in [5, 5.41) is 8.47. The number of benzene rings is 1. The third-order valence-corrected chi connectivity index (χ3v) is 3.86. The van der Waals surface area contributed by atoms with Crippen LogP contribution in [0, 0.1) is 20.8 Å². The summed E-state index contributed by atoms with van der Waals surface area (Å²) in [5.74, 6) is 0. The highest BCUT2D eigenvalue weighted by atomic mass is 32.1. The van der Waals surface area contributed by atoms with E-state index in [0.29, 0.717) is 0 Å². The quantitative estimate of drug-likeness (QED) is 0.849. The highest BCUT2D eigenvalue weighted by Crippen LogP contribution is 2.18. The summed E-state index contributed by atoms with van der Waals surface area (Å²) in [5.41, 5.74) is 5.51. The highest BCUT2D eigenvalue weighted by Gasteiger charge is 2.08. The Balaban J connectivity index is 2.07. The van der Waals surface area contributed by atoms with Crippen molar-refractivity contribution < 1.29 is 0 Å². The lowest BCUT2D eigenvalue weighted by atomic mass is 9.97. The molecule has 0 saturated heterocycles. The van der Waals surface area contributed by atoms with Crippen LogP contribution in [0.1, 0.15) is 22.3 Å². The van der Waals surface area contributed by atoms with E-state index in [-0.39, 0.29) is 0 Å². The summed E-state index contributed by atoms with van der Waals surface area (Å²) in [6.07, 6.45) is 1.02. The molecule has 2 rings (SSSR count). The fraction of sp³-hybridized carbons (Fsp3) is 0.462. The Labute approximate surface area is 112 Å². The number of nitrogens with zero attached hydrogens (tertiary/aromatic N) is 4. The van der Waals surface area contributed by atoms with Crippen LogP contribution in [0.2, 0.25) is 0 Å². The van der Waals surface area contributed by atoms with E-state index < -0.39 is 0 Å². The van der Waals surface area contributed by atoms with Crippen LogP contribution in [-0.2, 0) is 6.42 Å². The van der Waals surface area contributed by atoms with Crippen molar-refractivity contribution in [2.75, 3.05) is 18.5 Å². The molecule has 0 aliphatic rings. The number of anilines is 1. The Hall–Kier alpha value is -1.49. The Kier molecular flexibility index (Phi) is 3.91. The largest absolute Gasteiger partial charge is 0.348 e. The van der Waals surface area contributed by atoms with E-state index in [2.05, 4.69) is 52.6 Å². The normalized spacial score (nSPS) is 10.7. The van der Waals surface area contributed by atoms with Crippen molar-refractivity contribution in [2.45, 2.75) is 27.2 Å². The zero-order valence-electron chi connectivity index (χ0n) is 11.3. The van der Waals surface area contributed by atoms with Gasteiger partial charge in [-0.05, 0) is 49.1 Å². The van der Waals surface area contributed by atoms with E-state index in [0.717, 1.165) is 18.1 Å². The summed E-state index contributed by atoms with van der Waals surface area (Å²) in [7, 11) is 2.03. The summed E-state index contributed by atoms with van der Waals surface area (Å²) >= 11 is 1.33. The molecule has 0 bridgehead atoms. The summed E-state index contributed by atoms with van der Waals surface area (Å²) in [6, 6.07) is 4.49. The van der Waals surface area contributed by atoms with Crippen molar-refractivity contribution >= 4 is 16.7 Å². The van der Waals surface area contributed by atoms with Gasteiger partial charge >= 0.3 is 0 Å². The van der Waals surface area contributed by atoms with Crippen molar-refractivity contribution in [1.82, 2.24) is 14.8 Å². The van der Waals surface area contributed by atoms with Gasteiger partial charge in [-0.25, -0.2) is 0 Å². The lowest BCUT2D eigenvalue weighted by Gasteiger charge is -2.17. The van der Waals surface area contributed by atoms with E-state index in [9.17, 15) is 0 Å². The predicted octanol–water partition coefficient (Wildman–Crippen LogP) is 2.54. The van der Waals surface area contributed by atoms with Crippen LogP contribution in [0.25, 0.3) is 0 Å². The van der Waals surface area contributed by atoms with Crippen LogP contribution in [-0.4, -0.2) is 28.4 Å². The third kappa shape index (κ3) is 2.85. The number of rotatable bonds is 4. The molecule has 0 fully saturated rings. The van der Waals surface area contributed by atoms with Crippen molar-refractivity contribution in [3.05, 3.63) is 34.4 Å². The number of likely N-dealkylation sites (N-methyl/N-ethyl adjacent to an activating group) is 1. The highest BCUT2D eigenvalue weighted by molar-refractivity contribution is 7.09. The van der Waals surface area contributed by atoms with E-state index in [1.54, 1.807) is 0 Å². The molecule has 1 aromatic heterocycles. The second-order valence-corrected chi connectivity index (χ2v) is 5.40. The molecule has 0 spiro atoms. The van der Waals surface area contributed by atoms with Crippen LogP contribution < -0.4 is 4.90 Å². The smallest absolute Gasteiger partial charge is 0.227 e. The predicted molar refractivity (Wildman–Crippen MR) is 75.3 cm³/mol. The van der Waals surface area contributed by atoms with Gasteiger partial charge < -0.3 is 4.90 Å². The molecule has 0 aliphatic heterocycles. The Morgan fingerprint density at radius 3 is 2.39 bits per heavy atom. The van der Waals surface area contributed by atoms with Gasteiger partial charge in [0.05, 0.1) is 0 Å². The molecule has 0 amide bonds. The number of aromatic nitrogens is 3. The molecule has 5 heteroatoms. The SMILES string of the molecule is Cc1cc(C)c(CCN(C)c2nnns2)c(C)c1. The monoisotopic (exact) mass is 262 g/mol. The third-order valence-electron chi connectivity index (χ3n) is 3.15. The van der Waals surface area contributed by atoms with Crippen LogP contribution in [0.3, 0.4) is 0 Å². The topological polar surface area (TPSA) is 41.9 Å². The first kappa shape index (κ1) is 13.0.